The molecule has 1 N–H and O–H groups in total. The van der Waals surface area contributed by atoms with Crippen molar-refractivity contribution in [1.82, 2.24) is 0 Å². The molecule has 5 nitrogen and oxygen atoms in total. The number of rotatable bonds is 8. The van der Waals surface area contributed by atoms with Gasteiger partial charge in [0, 0.05) is 16.4 Å². The number of thioether (sulfide) groups is 1. The monoisotopic (exact) mass is 340 g/mol. The van der Waals surface area contributed by atoms with Gasteiger partial charge in [-0.25, -0.2) is 8.78 Å². The molecule has 0 aliphatic rings. The van der Waals surface area contributed by atoms with Crippen molar-refractivity contribution in [3.63, 3.8) is 0 Å². The predicted octanol–water partition coefficient (Wildman–Crippen LogP) is 2.74. The van der Waals surface area contributed by atoms with Crippen molar-refractivity contribution in [1.29, 1.82) is 10.7 Å². The smallest absolute Gasteiger partial charge is 0.307 e. The van der Waals surface area contributed by atoms with Crippen LogP contribution in [-0.4, -0.2) is 29.8 Å². The molecule has 0 bridgehead atoms. The molecule has 0 heterocycles. The first-order chi connectivity index (χ1) is 10.8. The molecule has 8 heteroatoms. The average molecular weight is 340 g/mol. The first-order valence-electron chi connectivity index (χ1n) is 6.56. The highest BCUT2D eigenvalue weighted by atomic mass is 32.2. The molecule has 122 valence electrons. The van der Waals surface area contributed by atoms with Crippen molar-refractivity contribution in [2.45, 2.75) is 18.2 Å². The highest BCUT2D eigenvalue weighted by Crippen LogP contribution is 2.21. The van der Waals surface area contributed by atoms with Crippen LogP contribution < -0.4 is 0 Å². The highest BCUT2D eigenvalue weighted by Gasteiger charge is 2.21. The zero-order valence-electron chi connectivity index (χ0n) is 12.3. The van der Waals surface area contributed by atoms with Gasteiger partial charge in [-0.15, -0.1) is 11.8 Å². The molecule has 0 saturated carbocycles. The van der Waals surface area contributed by atoms with E-state index in [4.69, 9.17) is 15.4 Å². The Bertz CT molecular complexity index is 659. The molecule has 0 radical (unpaired) electrons. The first-order valence-corrected chi connectivity index (χ1v) is 7.54. The second-order valence-electron chi connectivity index (χ2n) is 4.55. The van der Waals surface area contributed by atoms with Crippen LogP contribution in [0.15, 0.2) is 23.1 Å². The molecule has 1 rings (SSSR count). The summed E-state index contributed by atoms with van der Waals surface area (Å²) in [6.45, 7) is 0.759. The van der Waals surface area contributed by atoms with Crippen molar-refractivity contribution in [3.05, 3.63) is 29.8 Å². The van der Waals surface area contributed by atoms with Gasteiger partial charge in [-0.1, -0.05) is 0 Å². The number of Topliss-reactive ketones (excluding diaryl/α,β-unsaturated/α-hetero) is 1. The molecular weight excluding hydrogens is 326 g/mol. The van der Waals surface area contributed by atoms with Gasteiger partial charge in [0.25, 0.3) is 0 Å². The summed E-state index contributed by atoms with van der Waals surface area (Å²) in [6, 6.07) is 5.08. The van der Waals surface area contributed by atoms with Gasteiger partial charge in [0.2, 0.25) is 0 Å². The first kappa shape index (κ1) is 18.8. The van der Waals surface area contributed by atoms with Crippen LogP contribution in [0.4, 0.5) is 8.78 Å². The highest BCUT2D eigenvalue weighted by molar-refractivity contribution is 7.99. The Morgan fingerprint density at radius 1 is 1.39 bits per heavy atom. The number of hydrogen-bond donors (Lipinski definition) is 1. The molecule has 1 aromatic rings. The Labute approximate surface area is 136 Å². The van der Waals surface area contributed by atoms with E-state index in [1.54, 1.807) is 6.07 Å². The van der Waals surface area contributed by atoms with Gasteiger partial charge in [0.05, 0.1) is 12.5 Å². The van der Waals surface area contributed by atoms with Crippen LogP contribution in [0.2, 0.25) is 0 Å². The number of halogens is 2. The maximum Gasteiger partial charge on any atom is 0.307 e. The lowest BCUT2D eigenvalue weighted by atomic mass is 10.0. The van der Waals surface area contributed by atoms with Gasteiger partial charge in [-0.3, -0.25) is 9.59 Å². The molecule has 1 aromatic carbocycles. The lowest BCUT2D eigenvalue weighted by molar-refractivity contribution is -0.147. The molecule has 0 aliphatic carbocycles. The summed E-state index contributed by atoms with van der Waals surface area (Å²) in [7, 11) is 0. The van der Waals surface area contributed by atoms with Crippen molar-refractivity contribution < 1.29 is 23.1 Å². The Balaban J connectivity index is 2.35. The van der Waals surface area contributed by atoms with E-state index in [1.165, 1.54) is 13.0 Å². The number of nitriles is 1. The lowest BCUT2D eigenvalue weighted by Gasteiger charge is -2.07. The van der Waals surface area contributed by atoms with Crippen LogP contribution in [0, 0.1) is 34.3 Å². The van der Waals surface area contributed by atoms with E-state index >= 15 is 0 Å². The molecule has 23 heavy (non-hydrogen) atoms. The van der Waals surface area contributed by atoms with Gasteiger partial charge in [-0.05, 0) is 25.1 Å². The van der Waals surface area contributed by atoms with E-state index in [1.807, 2.05) is 0 Å². The Kier molecular flexibility index (Phi) is 7.35. The molecule has 0 aromatic heterocycles. The molecule has 0 aliphatic heterocycles. The van der Waals surface area contributed by atoms with Crippen molar-refractivity contribution >= 4 is 29.2 Å². The Morgan fingerprint density at radius 3 is 2.65 bits per heavy atom. The van der Waals surface area contributed by atoms with Gasteiger partial charge in [-0.2, -0.15) is 5.26 Å². The van der Waals surface area contributed by atoms with Crippen molar-refractivity contribution in [2.75, 3.05) is 12.4 Å². The normalized spacial score (nSPS) is 11.4. The number of carbonyl (C=O) groups excluding carboxylic acids is 2. The largest absolute Gasteiger partial charge is 0.458 e. The van der Waals surface area contributed by atoms with Crippen LogP contribution >= 0.6 is 11.8 Å². The van der Waals surface area contributed by atoms with Gasteiger partial charge >= 0.3 is 5.97 Å². The molecule has 1 unspecified atom stereocenters. The number of ether oxygens (including phenoxy) is 1. The minimum Gasteiger partial charge on any atom is -0.458 e. The minimum absolute atomic E-state index is 0.0300. The number of hydrogen-bond acceptors (Lipinski definition) is 6. The predicted molar refractivity (Wildman–Crippen MR) is 80.2 cm³/mol. The molecule has 1 atom stereocenters. The second kappa shape index (κ2) is 9.00. The average Bonchev–Trinajstić information content (AvgIpc) is 2.49. The van der Waals surface area contributed by atoms with E-state index in [2.05, 4.69) is 0 Å². The van der Waals surface area contributed by atoms with E-state index in [0.717, 1.165) is 23.9 Å². The lowest BCUT2D eigenvalue weighted by Crippen LogP contribution is -2.25. The number of nitrogens with one attached hydrogen (secondary N) is 1. The number of benzene rings is 1. The quantitative estimate of drug-likeness (QED) is 0.446. The summed E-state index contributed by atoms with van der Waals surface area (Å²) in [5.41, 5.74) is -0.109. The molecule has 0 amide bonds. The topological polar surface area (TPSA) is 91.0 Å². The van der Waals surface area contributed by atoms with Crippen LogP contribution in [-0.2, 0) is 14.3 Å². The van der Waals surface area contributed by atoms with Gasteiger partial charge < -0.3 is 10.1 Å². The number of ketones is 1. The molecule has 0 fully saturated rings. The molecule has 0 saturated heterocycles. The fraction of sp³-hybridized carbons (Fsp3) is 0.333. The number of esters is 1. The van der Waals surface area contributed by atoms with Crippen molar-refractivity contribution in [2.24, 2.45) is 5.92 Å². The fourth-order valence-corrected chi connectivity index (χ4v) is 2.39. The summed E-state index contributed by atoms with van der Waals surface area (Å²) < 4.78 is 30.5. The SMILES string of the molecule is CC(=N)C(C#N)C(=O)COC(=O)CCSc1ccc(F)c(F)c1. The summed E-state index contributed by atoms with van der Waals surface area (Å²) >= 11 is 1.14. The summed E-state index contributed by atoms with van der Waals surface area (Å²) in [6.07, 6.45) is -0.0300. The minimum atomic E-state index is -1.21. The maximum absolute atomic E-state index is 13.0. The van der Waals surface area contributed by atoms with Crippen LogP contribution in [0.25, 0.3) is 0 Å². The van der Waals surface area contributed by atoms with Crippen LogP contribution in [0.5, 0.6) is 0 Å². The fourth-order valence-electron chi connectivity index (χ4n) is 1.54. The zero-order chi connectivity index (χ0) is 17.4. The van der Waals surface area contributed by atoms with E-state index in [9.17, 15) is 18.4 Å². The van der Waals surface area contributed by atoms with Crippen molar-refractivity contribution in [3.8, 4) is 6.07 Å². The van der Waals surface area contributed by atoms with E-state index in [0.29, 0.717) is 4.90 Å². The van der Waals surface area contributed by atoms with Gasteiger partial charge in [0.15, 0.2) is 24.0 Å². The zero-order valence-corrected chi connectivity index (χ0v) is 13.1. The van der Waals surface area contributed by atoms with Gasteiger partial charge in [0.1, 0.15) is 5.92 Å². The Hall–Kier alpha value is -2.27. The maximum atomic E-state index is 13.0. The molecule has 0 spiro atoms. The summed E-state index contributed by atoms with van der Waals surface area (Å²) in [5.74, 6) is -4.15. The second-order valence-corrected chi connectivity index (χ2v) is 5.71. The third kappa shape index (κ3) is 6.16. The third-order valence-electron chi connectivity index (χ3n) is 2.73. The number of carbonyl (C=O) groups is 2. The summed E-state index contributed by atoms with van der Waals surface area (Å²) in [4.78, 5) is 23.5. The van der Waals surface area contributed by atoms with E-state index in [-0.39, 0.29) is 17.9 Å². The van der Waals surface area contributed by atoms with Crippen LogP contribution in [0.1, 0.15) is 13.3 Å². The van der Waals surface area contributed by atoms with E-state index < -0.39 is 35.9 Å². The number of nitrogens with zero attached hydrogens (tertiary/aromatic N) is 1. The van der Waals surface area contributed by atoms with Crippen LogP contribution in [0.3, 0.4) is 0 Å². The summed E-state index contributed by atoms with van der Waals surface area (Å²) in [5, 5.41) is 16.0. The molecular formula is C15H14F2N2O3S. The third-order valence-corrected chi connectivity index (χ3v) is 3.72. The Morgan fingerprint density at radius 2 is 2.09 bits per heavy atom. The standard InChI is InChI=1S/C15H14F2N2O3S/c1-9(19)11(7-18)14(20)8-22-15(21)4-5-23-10-2-3-12(16)13(17)6-10/h2-3,6,11,19H,4-5,8H2,1H3.